The lowest BCUT2D eigenvalue weighted by atomic mass is 10.1. The predicted octanol–water partition coefficient (Wildman–Crippen LogP) is 0.935. The molecule has 1 heterocycles. The quantitative estimate of drug-likeness (QED) is 0.398. The Balaban J connectivity index is 1.88. The van der Waals surface area contributed by atoms with Gasteiger partial charge in [0.15, 0.2) is 0 Å². The van der Waals surface area contributed by atoms with Crippen molar-refractivity contribution in [1.29, 1.82) is 0 Å². The van der Waals surface area contributed by atoms with Crippen LogP contribution in [0.1, 0.15) is 18.4 Å². The van der Waals surface area contributed by atoms with Crippen LogP contribution >= 0.6 is 0 Å². The minimum atomic E-state index is -0.286. The van der Waals surface area contributed by atoms with Gasteiger partial charge >= 0.3 is 0 Å². The molecule has 1 amide bonds. The van der Waals surface area contributed by atoms with E-state index < -0.39 is 0 Å². The Kier molecular flexibility index (Phi) is 6.17. The summed E-state index contributed by atoms with van der Waals surface area (Å²) >= 11 is 0. The molecule has 1 aliphatic heterocycles. The first-order valence-corrected chi connectivity index (χ1v) is 7.77. The van der Waals surface area contributed by atoms with E-state index >= 15 is 0 Å². The van der Waals surface area contributed by atoms with Crippen LogP contribution in [0, 0.1) is 0 Å². The molecule has 1 aromatic carbocycles. The predicted molar refractivity (Wildman–Crippen MR) is 81.9 cm³/mol. The van der Waals surface area contributed by atoms with Crippen LogP contribution in [0.4, 0.5) is 0 Å². The van der Waals surface area contributed by atoms with E-state index in [0.717, 1.165) is 56.6 Å². The molecule has 1 fully saturated rings. The molecule has 1 saturated heterocycles. The molecule has 1 aromatic rings. The molecule has 116 valence electrons. The fourth-order valence-electron chi connectivity index (χ4n) is 3.07. The van der Waals surface area contributed by atoms with E-state index in [-0.39, 0.29) is 5.91 Å². The number of hydrogen-bond acceptors (Lipinski definition) is 3. The number of hydrogen-bond donors (Lipinski definition) is 3. The molecule has 0 saturated carbocycles. The molecule has 0 unspecified atom stereocenters. The van der Waals surface area contributed by atoms with Crippen LogP contribution < -0.4 is 10.8 Å². The Morgan fingerprint density at radius 2 is 1.90 bits per heavy atom. The number of carbonyl (C=O) groups excluding carboxylic acids is 1. The highest BCUT2D eigenvalue weighted by Gasteiger charge is 2.29. The number of benzene rings is 1. The summed E-state index contributed by atoms with van der Waals surface area (Å²) in [6.07, 6.45) is 2.30. The molecule has 5 nitrogen and oxygen atoms in total. The Morgan fingerprint density at radius 1 is 1.19 bits per heavy atom. The van der Waals surface area contributed by atoms with Crippen molar-refractivity contribution in [2.45, 2.75) is 19.3 Å². The molecule has 1 aliphatic rings. The first-order chi connectivity index (χ1) is 10.2. The number of rotatable bonds is 7. The number of carbonyl (C=O) groups is 1. The third-order valence-electron chi connectivity index (χ3n) is 4.40. The van der Waals surface area contributed by atoms with Crippen molar-refractivity contribution in [3.63, 3.8) is 0 Å². The van der Waals surface area contributed by atoms with Gasteiger partial charge in [-0.2, -0.15) is 0 Å². The fraction of sp³-hybridized carbons (Fsp3) is 0.562. The molecule has 0 aliphatic carbocycles. The normalized spacial score (nSPS) is 17.4. The molecule has 3 N–H and O–H groups in total. The van der Waals surface area contributed by atoms with E-state index in [1.807, 2.05) is 6.07 Å². The number of amides is 1. The van der Waals surface area contributed by atoms with Crippen LogP contribution in [0.25, 0.3) is 0 Å². The maximum Gasteiger partial charge on any atom is 0.243 e. The third-order valence-corrected chi connectivity index (χ3v) is 4.40. The van der Waals surface area contributed by atoms with Crippen molar-refractivity contribution in [3.8, 4) is 0 Å². The average Bonchev–Trinajstić information content (AvgIpc) is 2.55. The van der Waals surface area contributed by atoms with E-state index in [4.69, 9.17) is 5.21 Å². The van der Waals surface area contributed by atoms with Crippen molar-refractivity contribution < 1.29 is 14.5 Å². The summed E-state index contributed by atoms with van der Waals surface area (Å²) in [5.74, 6) is -0.286. The molecule has 0 radical (unpaired) electrons. The van der Waals surface area contributed by atoms with Gasteiger partial charge in [-0.1, -0.05) is 30.3 Å². The van der Waals surface area contributed by atoms with Gasteiger partial charge in [0.2, 0.25) is 5.91 Å². The van der Waals surface area contributed by atoms with Crippen LogP contribution in [0.2, 0.25) is 0 Å². The lowest BCUT2D eigenvalue weighted by Crippen LogP contribution is -2.59. The summed E-state index contributed by atoms with van der Waals surface area (Å²) in [7, 11) is 0. The fourth-order valence-corrected chi connectivity index (χ4v) is 3.07. The smallest absolute Gasteiger partial charge is 0.243 e. The van der Waals surface area contributed by atoms with Crippen molar-refractivity contribution in [2.75, 3.05) is 39.3 Å². The largest absolute Gasteiger partial charge is 0.321 e. The van der Waals surface area contributed by atoms with Gasteiger partial charge in [-0.15, -0.1) is 0 Å². The molecular formula is C16H26N3O2+. The lowest BCUT2D eigenvalue weighted by Gasteiger charge is -2.42. The van der Waals surface area contributed by atoms with Crippen molar-refractivity contribution in [2.24, 2.45) is 0 Å². The van der Waals surface area contributed by atoms with Gasteiger partial charge in [-0.25, -0.2) is 5.48 Å². The number of nitrogens with zero attached hydrogens (tertiary/aromatic N) is 1. The average molecular weight is 292 g/mol. The van der Waals surface area contributed by atoms with E-state index in [2.05, 4.69) is 29.6 Å². The monoisotopic (exact) mass is 292 g/mol. The number of nitrogens with one attached hydrogen (secondary N) is 2. The second-order valence-corrected chi connectivity index (χ2v) is 5.86. The molecule has 2 rings (SSSR count). The van der Waals surface area contributed by atoms with Gasteiger partial charge in [0.05, 0.1) is 26.2 Å². The molecule has 5 heteroatoms. The van der Waals surface area contributed by atoms with Crippen molar-refractivity contribution >= 4 is 5.91 Å². The summed E-state index contributed by atoms with van der Waals surface area (Å²) in [6.45, 7) is 6.44. The number of hydroxylamine groups is 1. The summed E-state index contributed by atoms with van der Waals surface area (Å²) in [5, 5.41) is 12.0. The van der Waals surface area contributed by atoms with Crippen molar-refractivity contribution in [3.05, 3.63) is 35.9 Å². The molecule has 0 aromatic heterocycles. The van der Waals surface area contributed by atoms with Gasteiger partial charge in [0, 0.05) is 32.4 Å². The van der Waals surface area contributed by atoms with Crippen LogP contribution in [-0.2, 0) is 11.2 Å². The maximum atomic E-state index is 11.2. The van der Waals surface area contributed by atoms with Gasteiger partial charge < -0.3 is 9.80 Å². The van der Waals surface area contributed by atoms with Crippen LogP contribution in [-0.4, -0.2) is 54.9 Å². The Labute approximate surface area is 126 Å². The van der Waals surface area contributed by atoms with E-state index in [1.54, 1.807) is 5.48 Å². The molecule has 0 atom stereocenters. The maximum absolute atomic E-state index is 11.2. The highest BCUT2D eigenvalue weighted by molar-refractivity contribution is 5.74. The zero-order chi connectivity index (χ0) is 15.0. The first-order valence-electron chi connectivity index (χ1n) is 7.77. The molecular weight excluding hydrogens is 266 g/mol. The second kappa shape index (κ2) is 8.12. The van der Waals surface area contributed by atoms with E-state index in [1.165, 1.54) is 5.56 Å². The topological polar surface area (TPSA) is 61.4 Å². The SMILES string of the molecule is O=C(CCC[N+]1(CCc2ccccc2)CCNCC1)NO. The highest BCUT2D eigenvalue weighted by atomic mass is 16.5. The summed E-state index contributed by atoms with van der Waals surface area (Å²) < 4.78 is 1.07. The van der Waals surface area contributed by atoms with Crippen LogP contribution in [0.3, 0.4) is 0 Å². The van der Waals surface area contributed by atoms with Gasteiger partial charge in [0.25, 0.3) is 0 Å². The zero-order valence-corrected chi connectivity index (χ0v) is 12.6. The molecule has 21 heavy (non-hydrogen) atoms. The van der Waals surface area contributed by atoms with Crippen LogP contribution in [0.5, 0.6) is 0 Å². The summed E-state index contributed by atoms with van der Waals surface area (Å²) in [6, 6.07) is 10.6. The highest BCUT2D eigenvalue weighted by Crippen LogP contribution is 2.14. The first kappa shape index (κ1) is 15.9. The lowest BCUT2D eigenvalue weighted by molar-refractivity contribution is -0.929. The van der Waals surface area contributed by atoms with E-state index in [9.17, 15) is 4.79 Å². The van der Waals surface area contributed by atoms with Gasteiger partial charge in [0.1, 0.15) is 0 Å². The molecule has 0 bridgehead atoms. The van der Waals surface area contributed by atoms with Crippen LogP contribution in [0.15, 0.2) is 30.3 Å². The Bertz CT molecular complexity index is 430. The standard InChI is InChI=1S/C16H25N3O2/c20-16(18-21)7-4-11-19(13-9-17-10-14-19)12-8-15-5-2-1-3-6-15/h1-3,5-6,17H,4,7-14H2,(H-,18,20,21)/p+1. The second-order valence-electron chi connectivity index (χ2n) is 5.86. The van der Waals surface area contributed by atoms with Gasteiger partial charge in [-0.3, -0.25) is 10.0 Å². The minimum absolute atomic E-state index is 0.286. The zero-order valence-electron chi connectivity index (χ0n) is 12.6. The number of quaternary nitrogens is 1. The van der Waals surface area contributed by atoms with Crippen molar-refractivity contribution in [1.82, 2.24) is 10.8 Å². The summed E-state index contributed by atoms with van der Waals surface area (Å²) in [5.41, 5.74) is 3.09. The minimum Gasteiger partial charge on any atom is -0.321 e. The van der Waals surface area contributed by atoms with E-state index in [0.29, 0.717) is 6.42 Å². The third kappa shape index (κ3) is 5.12. The summed E-state index contributed by atoms with van der Waals surface area (Å²) in [4.78, 5) is 11.2. The van der Waals surface area contributed by atoms with Gasteiger partial charge in [-0.05, 0) is 5.56 Å². The Hall–Kier alpha value is -1.43. The molecule has 0 spiro atoms. The Morgan fingerprint density at radius 3 is 2.57 bits per heavy atom. The number of piperazine rings is 1.